The van der Waals surface area contributed by atoms with Crippen LogP contribution in [0.3, 0.4) is 0 Å². The average molecular weight is 339 g/mol. The van der Waals surface area contributed by atoms with Crippen LogP contribution in [0.25, 0.3) is 10.8 Å². The first-order valence-electron chi connectivity index (χ1n) is 7.62. The van der Waals surface area contributed by atoms with Crippen molar-refractivity contribution in [2.75, 3.05) is 5.32 Å². The number of carbonyl (C=O) groups excluding carboxylic acids is 2. The van der Waals surface area contributed by atoms with Gasteiger partial charge in [-0.2, -0.15) is 11.3 Å². The first kappa shape index (κ1) is 16.2. The summed E-state index contributed by atoms with van der Waals surface area (Å²) in [5, 5.41) is 8.72. The van der Waals surface area contributed by atoms with Gasteiger partial charge in [-0.15, -0.1) is 0 Å². The lowest BCUT2D eigenvalue weighted by atomic mass is 10.1. The van der Waals surface area contributed by atoms with Crippen molar-refractivity contribution in [1.82, 2.24) is 0 Å². The molecule has 5 heteroatoms. The molecule has 0 aliphatic rings. The highest BCUT2D eigenvalue weighted by Gasteiger charge is 2.18. The SMILES string of the molecule is C[C@@H](OC(=O)Cc1ccsc1)C(=O)Nc1ccc2ccccc2c1. The van der Waals surface area contributed by atoms with Crippen LogP contribution in [0, 0.1) is 0 Å². The number of benzene rings is 2. The molecule has 1 heterocycles. The Morgan fingerprint density at radius 2 is 1.92 bits per heavy atom. The average Bonchev–Trinajstić information content (AvgIpc) is 3.07. The molecule has 1 amide bonds. The Kier molecular flexibility index (Phi) is 4.91. The Labute approximate surface area is 144 Å². The molecule has 3 aromatic rings. The smallest absolute Gasteiger partial charge is 0.311 e. The normalized spacial score (nSPS) is 11.9. The molecule has 0 bridgehead atoms. The molecule has 0 aliphatic carbocycles. The molecule has 0 spiro atoms. The van der Waals surface area contributed by atoms with E-state index in [1.54, 1.807) is 6.92 Å². The van der Waals surface area contributed by atoms with E-state index in [9.17, 15) is 9.59 Å². The fraction of sp³-hybridized carbons (Fsp3) is 0.158. The van der Waals surface area contributed by atoms with E-state index in [1.807, 2.05) is 59.3 Å². The van der Waals surface area contributed by atoms with Gasteiger partial charge in [0.15, 0.2) is 6.10 Å². The maximum atomic E-state index is 12.2. The molecule has 4 nitrogen and oxygen atoms in total. The summed E-state index contributed by atoms with van der Waals surface area (Å²) in [6, 6.07) is 15.4. The van der Waals surface area contributed by atoms with Crippen molar-refractivity contribution in [3.63, 3.8) is 0 Å². The molecule has 3 rings (SSSR count). The summed E-state index contributed by atoms with van der Waals surface area (Å²) in [5.74, 6) is -0.751. The number of amides is 1. The predicted molar refractivity (Wildman–Crippen MR) is 96.2 cm³/mol. The minimum Gasteiger partial charge on any atom is -0.452 e. The molecule has 0 aliphatic heterocycles. The highest BCUT2D eigenvalue weighted by molar-refractivity contribution is 7.08. The monoisotopic (exact) mass is 339 g/mol. The van der Waals surface area contributed by atoms with Gasteiger partial charge in [0.2, 0.25) is 0 Å². The maximum Gasteiger partial charge on any atom is 0.311 e. The lowest BCUT2D eigenvalue weighted by Crippen LogP contribution is -2.30. The Bertz CT molecular complexity index is 858. The zero-order chi connectivity index (χ0) is 16.9. The van der Waals surface area contributed by atoms with Gasteiger partial charge in [0.05, 0.1) is 6.42 Å². The van der Waals surface area contributed by atoms with E-state index in [4.69, 9.17) is 4.74 Å². The number of nitrogens with one attached hydrogen (secondary N) is 1. The standard InChI is InChI=1S/C19H17NO3S/c1-13(23-18(21)10-14-8-9-24-12-14)19(22)20-17-7-6-15-4-2-3-5-16(15)11-17/h2-9,11-13H,10H2,1H3,(H,20,22)/t13-/m1/s1. The molecular formula is C19H17NO3S. The lowest BCUT2D eigenvalue weighted by Gasteiger charge is -2.13. The number of thiophene rings is 1. The molecule has 0 saturated heterocycles. The molecule has 0 saturated carbocycles. The molecule has 122 valence electrons. The van der Waals surface area contributed by atoms with Crippen LogP contribution in [0.15, 0.2) is 59.3 Å². The van der Waals surface area contributed by atoms with Gasteiger partial charge >= 0.3 is 5.97 Å². The third kappa shape index (κ3) is 4.00. The second-order valence-corrected chi connectivity index (χ2v) is 6.27. The number of esters is 1. The largest absolute Gasteiger partial charge is 0.452 e. The third-order valence-corrected chi connectivity index (χ3v) is 4.36. The van der Waals surface area contributed by atoms with E-state index in [0.717, 1.165) is 16.3 Å². The van der Waals surface area contributed by atoms with E-state index in [0.29, 0.717) is 5.69 Å². The summed E-state index contributed by atoms with van der Waals surface area (Å²) >= 11 is 1.52. The Morgan fingerprint density at radius 1 is 1.12 bits per heavy atom. The minimum atomic E-state index is -0.845. The highest BCUT2D eigenvalue weighted by Crippen LogP contribution is 2.19. The number of hydrogen-bond donors (Lipinski definition) is 1. The van der Waals surface area contributed by atoms with Crippen molar-refractivity contribution in [1.29, 1.82) is 0 Å². The van der Waals surface area contributed by atoms with Gasteiger partial charge in [-0.05, 0) is 52.2 Å². The van der Waals surface area contributed by atoms with Gasteiger partial charge in [-0.25, -0.2) is 0 Å². The second kappa shape index (κ2) is 7.27. The number of ether oxygens (including phenoxy) is 1. The van der Waals surface area contributed by atoms with E-state index < -0.39 is 12.1 Å². The molecular weight excluding hydrogens is 322 g/mol. The third-order valence-electron chi connectivity index (χ3n) is 3.62. The molecule has 1 N–H and O–H groups in total. The summed E-state index contributed by atoms with van der Waals surface area (Å²) in [4.78, 5) is 24.1. The van der Waals surface area contributed by atoms with Crippen LogP contribution in [0.4, 0.5) is 5.69 Å². The molecule has 24 heavy (non-hydrogen) atoms. The highest BCUT2D eigenvalue weighted by atomic mass is 32.1. The number of fused-ring (bicyclic) bond motifs is 1. The fourth-order valence-corrected chi connectivity index (χ4v) is 3.03. The van der Waals surface area contributed by atoms with Crippen molar-refractivity contribution < 1.29 is 14.3 Å². The zero-order valence-corrected chi connectivity index (χ0v) is 14.0. The summed E-state index contributed by atoms with van der Waals surface area (Å²) in [6.07, 6.45) is -0.667. The van der Waals surface area contributed by atoms with Crippen LogP contribution in [0.2, 0.25) is 0 Å². The van der Waals surface area contributed by atoms with E-state index in [-0.39, 0.29) is 12.3 Å². The van der Waals surface area contributed by atoms with Gasteiger partial charge in [0, 0.05) is 5.69 Å². The van der Waals surface area contributed by atoms with Crippen LogP contribution in [-0.2, 0) is 20.7 Å². The Balaban J connectivity index is 1.59. The van der Waals surface area contributed by atoms with Crippen LogP contribution < -0.4 is 5.32 Å². The summed E-state index contributed by atoms with van der Waals surface area (Å²) < 4.78 is 5.20. The van der Waals surface area contributed by atoms with Crippen molar-refractivity contribution in [3.8, 4) is 0 Å². The Morgan fingerprint density at radius 3 is 2.67 bits per heavy atom. The zero-order valence-electron chi connectivity index (χ0n) is 13.2. The Hall–Kier alpha value is -2.66. The molecule has 1 atom stereocenters. The molecule has 1 aromatic heterocycles. The van der Waals surface area contributed by atoms with Crippen LogP contribution in [0.5, 0.6) is 0 Å². The number of hydrogen-bond acceptors (Lipinski definition) is 4. The van der Waals surface area contributed by atoms with Gasteiger partial charge in [-0.1, -0.05) is 30.3 Å². The van der Waals surface area contributed by atoms with Gasteiger partial charge in [0.1, 0.15) is 0 Å². The second-order valence-electron chi connectivity index (χ2n) is 5.49. The fourth-order valence-electron chi connectivity index (χ4n) is 2.36. The van der Waals surface area contributed by atoms with E-state index in [2.05, 4.69) is 5.32 Å². The summed E-state index contributed by atoms with van der Waals surface area (Å²) in [5.41, 5.74) is 1.58. The first-order valence-corrected chi connectivity index (χ1v) is 8.56. The van der Waals surface area contributed by atoms with Crippen molar-refractivity contribution >= 4 is 39.7 Å². The van der Waals surface area contributed by atoms with Crippen LogP contribution in [-0.4, -0.2) is 18.0 Å². The minimum absolute atomic E-state index is 0.178. The first-order chi connectivity index (χ1) is 11.6. The number of anilines is 1. The number of carbonyl (C=O) groups is 2. The molecule has 2 aromatic carbocycles. The molecule has 0 radical (unpaired) electrons. The van der Waals surface area contributed by atoms with E-state index >= 15 is 0 Å². The van der Waals surface area contributed by atoms with Gasteiger partial charge in [-0.3, -0.25) is 9.59 Å². The number of rotatable bonds is 5. The molecule has 0 fully saturated rings. The summed E-state index contributed by atoms with van der Waals surface area (Å²) in [6.45, 7) is 1.57. The van der Waals surface area contributed by atoms with Gasteiger partial charge < -0.3 is 10.1 Å². The van der Waals surface area contributed by atoms with Crippen molar-refractivity contribution in [2.45, 2.75) is 19.4 Å². The lowest BCUT2D eigenvalue weighted by molar-refractivity contribution is -0.152. The molecule has 0 unspecified atom stereocenters. The topological polar surface area (TPSA) is 55.4 Å². The van der Waals surface area contributed by atoms with E-state index in [1.165, 1.54) is 11.3 Å². The van der Waals surface area contributed by atoms with Crippen LogP contribution in [0.1, 0.15) is 12.5 Å². The van der Waals surface area contributed by atoms with Crippen molar-refractivity contribution in [2.24, 2.45) is 0 Å². The van der Waals surface area contributed by atoms with Gasteiger partial charge in [0.25, 0.3) is 5.91 Å². The predicted octanol–water partition coefficient (Wildman–Crippen LogP) is 4.01. The maximum absolute atomic E-state index is 12.2. The summed E-state index contributed by atoms with van der Waals surface area (Å²) in [7, 11) is 0. The quantitative estimate of drug-likeness (QED) is 0.715. The van der Waals surface area contributed by atoms with Crippen molar-refractivity contribution in [3.05, 3.63) is 64.9 Å². The van der Waals surface area contributed by atoms with Crippen LogP contribution >= 0.6 is 11.3 Å².